The maximum Gasteiger partial charge on any atom is 0.258 e. The van der Waals surface area contributed by atoms with Crippen LogP contribution in [0.15, 0.2) is 47.4 Å². The van der Waals surface area contributed by atoms with Crippen molar-refractivity contribution in [3.8, 4) is 0 Å². The summed E-state index contributed by atoms with van der Waals surface area (Å²) < 4.78 is 62.9. The van der Waals surface area contributed by atoms with Gasteiger partial charge in [0, 0.05) is 11.3 Å². The fourth-order valence-electron chi connectivity index (χ4n) is 3.07. The van der Waals surface area contributed by atoms with Crippen LogP contribution in [0.1, 0.15) is 34.1 Å². The van der Waals surface area contributed by atoms with Gasteiger partial charge >= 0.3 is 0 Å². The van der Waals surface area contributed by atoms with Gasteiger partial charge in [-0.3, -0.25) is 9.59 Å². The first-order valence-electron chi connectivity index (χ1n) is 8.66. The van der Waals surface area contributed by atoms with E-state index in [9.17, 15) is 30.8 Å². The van der Waals surface area contributed by atoms with Crippen molar-refractivity contribution in [3.05, 3.63) is 59.4 Å². The van der Waals surface area contributed by atoms with Crippen LogP contribution in [0, 0.1) is 5.82 Å². The third-order valence-corrected chi connectivity index (χ3v) is 8.84. The average Bonchev–Trinajstić information content (AvgIpc) is 3.02. The van der Waals surface area contributed by atoms with Gasteiger partial charge in [0.25, 0.3) is 5.91 Å². The lowest BCUT2D eigenvalue weighted by Gasteiger charge is -2.12. The summed E-state index contributed by atoms with van der Waals surface area (Å²) in [5, 5.41) is 1.31. The van der Waals surface area contributed by atoms with E-state index in [1.54, 1.807) is 12.1 Å². The second kappa shape index (κ2) is 7.68. The van der Waals surface area contributed by atoms with Crippen LogP contribution >= 0.6 is 0 Å². The highest BCUT2D eigenvalue weighted by Crippen LogP contribution is 2.27. The molecule has 0 aromatic heterocycles. The number of Topliss-reactive ketones (excluding diaryl/α,β-unsaturated/α-hetero) is 1. The van der Waals surface area contributed by atoms with Gasteiger partial charge in [-0.15, -0.1) is 0 Å². The van der Waals surface area contributed by atoms with Gasteiger partial charge in [0.15, 0.2) is 25.5 Å². The summed E-state index contributed by atoms with van der Waals surface area (Å²) in [4.78, 5) is 23.6. The number of ketones is 1. The van der Waals surface area contributed by atoms with E-state index in [1.807, 2.05) is 0 Å². The van der Waals surface area contributed by atoms with Gasteiger partial charge in [0.2, 0.25) is 0 Å². The minimum atomic E-state index is -4.04. The monoisotopic (exact) mass is 439 g/mol. The van der Waals surface area contributed by atoms with E-state index in [1.165, 1.54) is 19.1 Å². The van der Waals surface area contributed by atoms with Gasteiger partial charge in [0.05, 0.1) is 27.2 Å². The Morgan fingerprint density at radius 2 is 1.86 bits per heavy atom. The Kier molecular flexibility index (Phi) is 5.59. The molecule has 2 aromatic rings. The molecule has 0 unspecified atom stereocenters. The van der Waals surface area contributed by atoms with E-state index in [2.05, 4.69) is 5.32 Å². The topological polar surface area (TPSA) is 114 Å². The molecule has 154 valence electrons. The molecule has 2 aromatic carbocycles. The number of halogens is 1. The molecule has 1 N–H and O–H groups in total. The molecular weight excluding hydrogens is 421 g/mol. The smallest absolute Gasteiger partial charge is 0.258 e. The first-order valence-corrected chi connectivity index (χ1v) is 12.0. The van der Waals surface area contributed by atoms with Crippen LogP contribution in [0.25, 0.3) is 0 Å². The van der Waals surface area contributed by atoms with Crippen LogP contribution in [0.4, 0.5) is 10.1 Å². The Bertz CT molecular complexity index is 1200. The summed E-state index contributed by atoms with van der Waals surface area (Å²) >= 11 is 0. The Labute approximate surface area is 167 Å². The van der Waals surface area contributed by atoms with Crippen molar-refractivity contribution in [2.24, 2.45) is 0 Å². The van der Waals surface area contributed by atoms with E-state index >= 15 is 0 Å². The van der Waals surface area contributed by atoms with Gasteiger partial charge in [0.1, 0.15) is 5.82 Å². The predicted octanol–water partition coefficient (Wildman–Crippen LogP) is 2.24. The lowest BCUT2D eigenvalue weighted by atomic mass is 10.1. The van der Waals surface area contributed by atoms with E-state index in [4.69, 9.17) is 0 Å². The molecule has 1 atom stereocenters. The Morgan fingerprint density at radius 1 is 1.14 bits per heavy atom. The number of anilines is 1. The molecule has 3 rings (SSSR count). The van der Waals surface area contributed by atoms with Crippen molar-refractivity contribution < 1.29 is 30.8 Å². The van der Waals surface area contributed by atoms with Crippen molar-refractivity contribution in [2.45, 2.75) is 23.5 Å². The number of carbonyl (C=O) groups excluding carboxylic acids is 2. The second-order valence-corrected chi connectivity index (χ2v) is 11.3. The number of rotatable bonds is 5. The largest absolute Gasteiger partial charge is 0.322 e. The standard InChI is InChI=1S/C19H18FNO6S2/c1-12(22)13-3-2-4-14(9-13)21-19(23)17-10-15(5-6-18(17)20)29(26,27)16-7-8-28(24,25)11-16/h2-6,9-10,16H,7-8,11H2,1H3,(H,21,23)/t16-/m1/s1. The molecule has 0 radical (unpaired) electrons. The first-order chi connectivity index (χ1) is 13.5. The van der Waals surface area contributed by atoms with Crippen molar-refractivity contribution >= 4 is 37.1 Å². The van der Waals surface area contributed by atoms with Crippen LogP contribution in [0.5, 0.6) is 0 Å². The minimum absolute atomic E-state index is 0.0403. The highest BCUT2D eigenvalue weighted by atomic mass is 32.2. The average molecular weight is 439 g/mol. The zero-order valence-corrected chi connectivity index (χ0v) is 17.0. The molecule has 0 bridgehead atoms. The number of hydrogen-bond acceptors (Lipinski definition) is 6. The van der Waals surface area contributed by atoms with Crippen molar-refractivity contribution in [1.29, 1.82) is 0 Å². The molecule has 0 saturated carbocycles. The van der Waals surface area contributed by atoms with E-state index in [0.717, 1.165) is 18.2 Å². The molecule has 29 heavy (non-hydrogen) atoms. The maximum absolute atomic E-state index is 14.2. The zero-order chi connectivity index (χ0) is 21.4. The molecule has 1 aliphatic rings. The zero-order valence-electron chi connectivity index (χ0n) is 15.4. The second-order valence-electron chi connectivity index (χ2n) is 6.80. The Balaban J connectivity index is 1.90. The summed E-state index contributed by atoms with van der Waals surface area (Å²) in [5.74, 6) is -2.75. The van der Waals surface area contributed by atoms with Gasteiger partial charge in [-0.2, -0.15) is 0 Å². The van der Waals surface area contributed by atoms with Crippen molar-refractivity contribution in [1.82, 2.24) is 0 Å². The van der Waals surface area contributed by atoms with E-state index in [0.29, 0.717) is 5.56 Å². The minimum Gasteiger partial charge on any atom is -0.322 e. The molecule has 7 nitrogen and oxygen atoms in total. The quantitative estimate of drug-likeness (QED) is 0.564. The molecule has 1 saturated heterocycles. The maximum atomic E-state index is 14.2. The number of sulfone groups is 2. The molecule has 1 fully saturated rings. The highest BCUT2D eigenvalue weighted by Gasteiger charge is 2.38. The molecule has 10 heteroatoms. The van der Waals surface area contributed by atoms with Crippen molar-refractivity contribution in [2.75, 3.05) is 16.8 Å². The number of amides is 1. The third-order valence-electron chi connectivity index (χ3n) is 4.67. The molecule has 0 spiro atoms. The summed E-state index contributed by atoms with van der Waals surface area (Å²) in [7, 11) is -7.48. The lowest BCUT2D eigenvalue weighted by Crippen LogP contribution is -2.23. The molecular formula is C19H18FNO6S2. The van der Waals surface area contributed by atoms with Gasteiger partial charge in [-0.25, -0.2) is 21.2 Å². The summed E-state index contributed by atoms with van der Waals surface area (Å²) in [6.45, 7) is 1.36. The number of hydrogen-bond donors (Lipinski definition) is 1. The van der Waals surface area contributed by atoms with E-state index < -0.39 is 48.0 Å². The summed E-state index contributed by atoms with van der Waals surface area (Å²) in [6, 6.07) is 8.81. The lowest BCUT2D eigenvalue weighted by molar-refractivity contribution is 0.100. The van der Waals surface area contributed by atoms with Gasteiger partial charge in [-0.1, -0.05) is 12.1 Å². The van der Waals surface area contributed by atoms with Crippen LogP contribution < -0.4 is 5.32 Å². The van der Waals surface area contributed by atoms with Crippen LogP contribution in [-0.2, 0) is 19.7 Å². The number of carbonyl (C=O) groups is 2. The predicted molar refractivity (Wildman–Crippen MR) is 105 cm³/mol. The van der Waals surface area contributed by atoms with Crippen LogP contribution in [-0.4, -0.2) is 45.3 Å². The Hall–Kier alpha value is -2.59. The van der Waals surface area contributed by atoms with Gasteiger partial charge in [-0.05, 0) is 43.7 Å². The molecule has 0 aliphatic carbocycles. The number of benzene rings is 2. The summed E-state index contributed by atoms with van der Waals surface area (Å²) in [6.07, 6.45) is -0.0403. The third kappa shape index (κ3) is 4.54. The Morgan fingerprint density at radius 3 is 2.48 bits per heavy atom. The first kappa shape index (κ1) is 21.1. The van der Waals surface area contributed by atoms with Crippen molar-refractivity contribution in [3.63, 3.8) is 0 Å². The normalized spacial score (nSPS) is 18.3. The highest BCUT2D eigenvalue weighted by molar-refractivity contribution is 7.96. The van der Waals surface area contributed by atoms with Crippen LogP contribution in [0.3, 0.4) is 0 Å². The van der Waals surface area contributed by atoms with E-state index in [-0.39, 0.29) is 28.5 Å². The SMILES string of the molecule is CC(=O)c1cccc(NC(=O)c2cc(S(=O)(=O)[C@@H]3CCS(=O)(=O)C3)ccc2F)c1. The molecule has 1 heterocycles. The fourth-order valence-corrected chi connectivity index (χ4v) is 7.45. The summed E-state index contributed by atoms with van der Waals surface area (Å²) in [5.41, 5.74) is 0.0967. The molecule has 1 aliphatic heterocycles. The van der Waals surface area contributed by atoms with Gasteiger partial charge < -0.3 is 5.32 Å². The number of nitrogens with one attached hydrogen (secondary N) is 1. The molecule has 1 amide bonds. The fraction of sp³-hybridized carbons (Fsp3) is 0.263. The van der Waals surface area contributed by atoms with Crippen LogP contribution in [0.2, 0.25) is 0 Å².